The molecule has 1 aromatic heterocycles. The molecule has 0 unspecified atom stereocenters. The highest BCUT2D eigenvalue weighted by molar-refractivity contribution is 6.31. The quantitative estimate of drug-likeness (QED) is 0.908. The van der Waals surface area contributed by atoms with E-state index >= 15 is 0 Å². The molecule has 0 saturated heterocycles. The average Bonchev–Trinajstić information content (AvgIpc) is 2.46. The number of nitrogens with zero attached hydrogens (tertiary/aromatic N) is 2. The minimum absolute atomic E-state index is 0.242. The Balaban J connectivity index is 2.17. The van der Waals surface area contributed by atoms with Gasteiger partial charge in [0.05, 0.1) is 0 Å². The molecule has 1 heterocycles. The molecule has 0 atom stereocenters. The lowest BCUT2D eigenvalue weighted by molar-refractivity contribution is 0.292. The predicted octanol–water partition coefficient (Wildman–Crippen LogP) is 3.87. The lowest BCUT2D eigenvalue weighted by atomic mass is 10.2. The third-order valence-corrected chi connectivity index (χ3v) is 3.19. The summed E-state index contributed by atoms with van der Waals surface area (Å²) in [4.78, 5) is 8.80. The number of anilines is 1. The second kappa shape index (κ2) is 6.57. The zero-order valence-corrected chi connectivity index (χ0v) is 12.6. The molecule has 0 saturated carbocycles. The van der Waals surface area contributed by atoms with Gasteiger partial charge in [0.15, 0.2) is 0 Å². The van der Waals surface area contributed by atoms with Gasteiger partial charge < -0.3 is 10.1 Å². The maximum absolute atomic E-state index is 6.11. The summed E-state index contributed by atoms with van der Waals surface area (Å²) in [5, 5.41) is 3.71. The van der Waals surface area contributed by atoms with Crippen LogP contribution in [0.15, 0.2) is 30.3 Å². The van der Waals surface area contributed by atoms with Gasteiger partial charge in [-0.15, -0.1) is 0 Å². The molecule has 2 aromatic rings. The molecule has 0 bridgehead atoms. The SMILES string of the molecule is CNc1cc(OCc2ccccc2Cl)nc(C(C)C)n1. The van der Waals surface area contributed by atoms with Crippen LogP contribution in [0.25, 0.3) is 0 Å². The Morgan fingerprint density at radius 3 is 2.65 bits per heavy atom. The van der Waals surface area contributed by atoms with Crippen LogP contribution in [0.5, 0.6) is 5.88 Å². The zero-order chi connectivity index (χ0) is 14.5. The third-order valence-electron chi connectivity index (χ3n) is 2.83. The summed E-state index contributed by atoms with van der Waals surface area (Å²) in [6.45, 7) is 4.48. The first-order chi connectivity index (χ1) is 9.60. The highest BCUT2D eigenvalue weighted by Crippen LogP contribution is 2.21. The van der Waals surface area contributed by atoms with Gasteiger partial charge in [-0.2, -0.15) is 4.98 Å². The molecule has 2 rings (SSSR count). The van der Waals surface area contributed by atoms with Crippen LogP contribution in [0.2, 0.25) is 5.02 Å². The van der Waals surface area contributed by atoms with E-state index in [0.29, 0.717) is 17.5 Å². The minimum atomic E-state index is 0.242. The number of aromatic nitrogens is 2. The summed E-state index contributed by atoms with van der Waals surface area (Å²) >= 11 is 6.11. The fraction of sp³-hybridized carbons (Fsp3) is 0.333. The fourth-order valence-electron chi connectivity index (χ4n) is 1.67. The van der Waals surface area contributed by atoms with Crippen molar-refractivity contribution in [1.29, 1.82) is 0 Å². The van der Waals surface area contributed by atoms with E-state index in [9.17, 15) is 0 Å². The highest BCUT2D eigenvalue weighted by Gasteiger charge is 2.09. The first-order valence-corrected chi connectivity index (χ1v) is 6.91. The Morgan fingerprint density at radius 1 is 1.25 bits per heavy atom. The lowest BCUT2D eigenvalue weighted by Gasteiger charge is -2.11. The molecular weight excluding hydrogens is 274 g/mol. The summed E-state index contributed by atoms with van der Waals surface area (Å²) in [6, 6.07) is 9.39. The van der Waals surface area contributed by atoms with E-state index < -0.39 is 0 Å². The van der Waals surface area contributed by atoms with E-state index in [2.05, 4.69) is 15.3 Å². The third kappa shape index (κ3) is 3.61. The molecule has 4 nitrogen and oxygen atoms in total. The topological polar surface area (TPSA) is 47.0 Å². The van der Waals surface area contributed by atoms with E-state index in [1.807, 2.05) is 45.2 Å². The van der Waals surface area contributed by atoms with Gasteiger partial charge in [-0.1, -0.05) is 43.6 Å². The van der Waals surface area contributed by atoms with E-state index in [4.69, 9.17) is 16.3 Å². The zero-order valence-electron chi connectivity index (χ0n) is 11.9. The predicted molar refractivity (Wildman–Crippen MR) is 81.5 cm³/mol. The van der Waals surface area contributed by atoms with Gasteiger partial charge in [0.1, 0.15) is 18.2 Å². The fourth-order valence-corrected chi connectivity index (χ4v) is 1.86. The van der Waals surface area contributed by atoms with Crippen molar-refractivity contribution < 1.29 is 4.74 Å². The van der Waals surface area contributed by atoms with Crippen molar-refractivity contribution in [2.24, 2.45) is 0 Å². The molecule has 5 heteroatoms. The van der Waals surface area contributed by atoms with Crippen LogP contribution in [0, 0.1) is 0 Å². The molecule has 20 heavy (non-hydrogen) atoms. The maximum atomic E-state index is 6.11. The van der Waals surface area contributed by atoms with Crippen molar-refractivity contribution in [3.8, 4) is 5.88 Å². The van der Waals surface area contributed by atoms with Gasteiger partial charge >= 0.3 is 0 Å². The Morgan fingerprint density at radius 2 is 2.00 bits per heavy atom. The van der Waals surface area contributed by atoms with E-state index in [1.165, 1.54) is 0 Å². The molecule has 1 N–H and O–H groups in total. The monoisotopic (exact) mass is 291 g/mol. The Hall–Kier alpha value is -1.81. The minimum Gasteiger partial charge on any atom is -0.473 e. The van der Waals surface area contributed by atoms with Gasteiger partial charge in [0.25, 0.3) is 0 Å². The largest absolute Gasteiger partial charge is 0.473 e. The number of ether oxygens (including phenoxy) is 1. The smallest absolute Gasteiger partial charge is 0.219 e. The Bertz CT molecular complexity index is 587. The normalized spacial score (nSPS) is 10.7. The summed E-state index contributed by atoms with van der Waals surface area (Å²) in [5.74, 6) is 2.29. The number of halogens is 1. The van der Waals surface area contributed by atoms with E-state index in [-0.39, 0.29) is 5.92 Å². The van der Waals surface area contributed by atoms with Crippen LogP contribution in [0.3, 0.4) is 0 Å². The second-order valence-electron chi connectivity index (χ2n) is 4.73. The van der Waals surface area contributed by atoms with Crippen molar-refractivity contribution in [1.82, 2.24) is 9.97 Å². The molecule has 0 spiro atoms. The molecule has 106 valence electrons. The van der Waals surface area contributed by atoms with Crippen molar-refractivity contribution in [2.45, 2.75) is 26.4 Å². The summed E-state index contributed by atoms with van der Waals surface area (Å²) in [5.41, 5.74) is 0.935. The van der Waals surface area contributed by atoms with Crippen molar-refractivity contribution in [3.05, 3.63) is 46.7 Å². The Kier molecular flexibility index (Phi) is 4.79. The summed E-state index contributed by atoms with van der Waals surface area (Å²) in [7, 11) is 1.82. The molecule has 1 aromatic carbocycles. The first kappa shape index (κ1) is 14.6. The molecule has 0 aliphatic heterocycles. The molecule has 0 aliphatic rings. The van der Waals surface area contributed by atoms with Gasteiger partial charge in [-0.05, 0) is 6.07 Å². The first-order valence-electron chi connectivity index (χ1n) is 6.53. The number of rotatable bonds is 5. The molecule has 0 aliphatic carbocycles. The molecule has 0 fully saturated rings. The Labute approximate surface area is 124 Å². The van der Waals surface area contributed by atoms with Gasteiger partial charge in [-0.3, -0.25) is 0 Å². The number of nitrogens with one attached hydrogen (secondary N) is 1. The van der Waals surface area contributed by atoms with Crippen LogP contribution in [-0.2, 0) is 6.61 Å². The van der Waals surface area contributed by atoms with Crippen LogP contribution >= 0.6 is 11.6 Å². The van der Waals surface area contributed by atoms with Crippen molar-refractivity contribution >= 4 is 17.4 Å². The number of hydrogen-bond donors (Lipinski definition) is 1. The highest BCUT2D eigenvalue weighted by atomic mass is 35.5. The number of benzene rings is 1. The number of hydrogen-bond acceptors (Lipinski definition) is 4. The maximum Gasteiger partial charge on any atom is 0.219 e. The van der Waals surface area contributed by atoms with Gasteiger partial charge in [-0.25, -0.2) is 4.98 Å². The average molecular weight is 292 g/mol. The lowest BCUT2D eigenvalue weighted by Crippen LogP contribution is -2.05. The van der Waals surface area contributed by atoms with Crippen LogP contribution in [-0.4, -0.2) is 17.0 Å². The molecule has 0 radical (unpaired) electrons. The van der Waals surface area contributed by atoms with Crippen molar-refractivity contribution in [3.63, 3.8) is 0 Å². The molecule has 0 amide bonds. The van der Waals surface area contributed by atoms with Gasteiger partial charge in [0, 0.05) is 29.6 Å². The van der Waals surface area contributed by atoms with E-state index in [0.717, 1.165) is 17.2 Å². The second-order valence-corrected chi connectivity index (χ2v) is 5.14. The van der Waals surface area contributed by atoms with Crippen LogP contribution in [0.4, 0.5) is 5.82 Å². The van der Waals surface area contributed by atoms with Crippen LogP contribution in [0.1, 0.15) is 31.2 Å². The van der Waals surface area contributed by atoms with Crippen molar-refractivity contribution in [2.75, 3.05) is 12.4 Å². The molecular formula is C15H18ClN3O. The standard InChI is InChI=1S/C15H18ClN3O/c1-10(2)15-18-13(17-3)8-14(19-15)20-9-11-6-4-5-7-12(11)16/h4-8,10H,9H2,1-3H3,(H,17,18,19). The summed E-state index contributed by atoms with van der Waals surface area (Å²) in [6.07, 6.45) is 0. The summed E-state index contributed by atoms with van der Waals surface area (Å²) < 4.78 is 5.73. The van der Waals surface area contributed by atoms with Crippen LogP contribution < -0.4 is 10.1 Å². The van der Waals surface area contributed by atoms with E-state index in [1.54, 1.807) is 6.07 Å². The van der Waals surface area contributed by atoms with Gasteiger partial charge in [0.2, 0.25) is 5.88 Å².